The summed E-state index contributed by atoms with van der Waals surface area (Å²) in [5.74, 6) is -0.829. The second-order valence-corrected chi connectivity index (χ2v) is 3.56. The summed E-state index contributed by atoms with van der Waals surface area (Å²) in [5, 5.41) is 18.2. The fraction of sp³-hybridized carbons (Fsp3) is 0.364. The van der Waals surface area contributed by atoms with Crippen LogP contribution in [0.4, 0.5) is 0 Å². The maximum atomic E-state index is 10.5. The average molecular weight is 194 g/mol. The zero-order valence-corrected chi connectivity index (χ0v) is 8.32. The van der Waals surface area contributed by atoms with E-state index < -0.39 is 5.97 Å². The molecule has 14 heavy (non-hydrogen) atoms. The second-order valence-electron chi connectivity index (χ2n) is 3.56. The minimum atomic E-state index is -0.850. The molecule has 3 heteroatoms. The van der Waals surface area contributed by atoms with Crippen molar-refractivity contribution in [1.82, 2.24) is 0 Å². The third-order valence-corrected chi connectivity index (χ3v) is 2.20. The lowest BCUT2D eigenvalue weighted by Gasteiger charge is -2.11. The van der Waals surface area contributed by atoms with Crippen LogP contribution in [0.1, 0.15) is 30.4 Å². The van der Waals surface area contributed by atoms with E-state index in [2.05, 4.69) is 0 Å². The standard InChI is InChI=1S/C11H14O3/c1-7-3-4-9(10(12)5-7)8(2)6-11(13)14/h3-5,8,12H,6H2,1-2H3,(H,13,14). The van der Waals surface area contributed by atoms with Gasteiger partial charge < -0.3 is 10.2 Å². The Morgan fingerprint density at radius 2 is 2.14 bits per heavy atom. The monoisotopic (exact) mass is 194 g/mol. The first-order valence-electron chi connectivity index (χ1n) is 4.52. The van der Waals surface area contributed by atoms with Gasteiger partial charge in [0.15, 0.2) is 0 Å². The van der Waals surface area contributed by atoms with Crippen molar-refractivity contribution in [3.8, 4) is 5.75 Å². The normalized spacial score (nSPS) is 12.4. The molecule has 1 aromatic rings. The number of aryl methyl sites for hydroxylation is 1. The summed E-state index contributed by atoms with van der Waals surface area (Å²) in [7, 11) is 0. The third-order valence-electron chi connectivity index (χ3n) is 2.20. The Hall–Kier alpha value is -1.51. The highest BCUT2D eigenvalue weighted by molar-refractivity contribution is 5.68. The van der Waals surface area contributed by atoms with Gasteiger partial charge in [0.2, 0.25) is 0 Å². The maximum Gasteiger partial charge on any atom is 0.303 e. The summed E-state index contributed by atoms with van der Waals surface area (Å²) in [5.41, 5.74) is 1.66. The number of carbonyl (C=O) groups is 1. The Bertz CT molecular complexity index is 344. The van der Waals surface area contributed by atoms with Crippen LogP contribution in [0.3, 0.4) is 0 Å². The molecule has 1 atom stereocenters. The Morgan fingerprint density at radius 3 is 2.64 bits per heavy atom. The van der Waals surface area contributed by atoms with Gasteiger partial charge in [0.25, 0.3) is 0 Å². The quantitative estimate of drug-likeness (QED) is 0.776. The zero-order chi connectivity index (χ0) is 10.7. The fourth-order valence-electron chi connectivity index (χ4n) is 1.44. The molecule has 0 aliphatic heterocycles. The van der Waals surface area contributed by atoms with E-state index in [1.165, 1.54) is 0 Å². The molecular weight excluding hydrogens is 180 g/mol. The van der Waals surface area contributed by atoms with Crippen LogP contribution in [0.25, 0.3) is 0 Å². The maximum absolute atomic E-state index is 10.5. The number of hydrogen-bond donors (Lipinski definition) is 2. The van der Waals surface area contributed by atoms with Gasteiger partial charge in [-0.2, -0.15) is 0 Å². The number of benzene rings is 1. The molecule has 0 saturated carbocycles. The van der Waals surface area contributed by atoms with Crippen LogP contribution in [0.5, 0.6) is 5.75 Å². The molecule has 3 nitrogen and oxygen atoms in total. The molecule has 0 aliphatic rings. The molecule has 0 heterocycles. The van der Waals surface area contributed by atoms with E-state index >= 15 is 0 Å². The molecule has 0 fully saturated rings. The van der Waals surface area contributed by atoms with E-state index in [0.717, 1.165) is 5.56 Å². The topological polar surface area (TPSA) is 57.5 Å². The molecule has 0 aliphatic carbocycles. The molecule has 1 aromatic carbocycles. The first-order chi connectivity index (χ1) is 6.50. The largest absolute Gasteiger partial charge is 0.508 e. The van der Waals surface area contributed by atoms with Crippen molar-refractivity contribution in [3.63, 3.8) is 0 Å². The molecule has 0 bridgehead atoms. The molecule has 0 radical (unpaired) electrons. The molecule has 0 saturated heterocycles. The van der Waals surface area contributed by atoms with E-state index in [1.807, 2.05) is 13.0 Å². The molecule has 1 unspecified atom stereocenters. The summed E-state index contributed by atoms with van der Waals surface area (Å²) in [6, 6.07) is 5.29. The fourth-order valence-corrected chi connectivity index (χ4v) is 1.44. The van der Waals surface area contributed by atoms with E-state index in [4.69, 9.17) is 5.11 Å². The predicted molar refractivity (Wildman–Crippen MR) is 53.5 cm³/mol. The van der Waals surface area contributed by atoms with Crippen LogP contribution >= 0.6 is 0 Å². The van der Waals surface area contributed by atoms with Gasteiger partial charge in [0.1, 0.15) is 5.75 Å². The number of aliphatic carboxylic acids is 1. The van der Waals surface area contributed by atoms with Gasteiger partial charge in [-0.25, -0.2) is 0 Å². The molecular formula is C11H14O3. The second kappa shape index (κ2) is 4.13. The first-order valence-corrected chi connectivity index (χ1v) is 4.52. The number of carboxylic acid groups (broad SMARTS) is 1. The number of phenols is 1. The van der Waals surface area contributed by atoms with Crippen molar-refractivity contribution in [2.75, 3.05) is 0 Å². The predicted octanol–water partition coefficient (Wildman–Crippen LogP) is 2.28. The van der Waals surface area contributed by atoms with E-state index in [0.29, 0.717) is 5.56 Å². The van der Waals surface area contributed by atoms with Gasteiger partial charge in [0.05, 0.1) is 6.42 Å². The van der Waals surface area contributed by atoms with Crippen molar-refractivity contribution in [2.45, 2.75) is 26.2 Å². The van der Waals surface area contributed by atoms with E-state index in [9.17, 15) is 9.90 Å². The highest BCUT2D eigenvalue weighted by atomic mass is 16.4. The highest BCUT2D eigenvalue weighted by Gasteiger charge is 2.13. The Labute approximate surface area is 83.0 Å². The Kier molecular flexibility index (Phi) is 3.12. The smallest absolute Gasteiger partial charge is 0.303 e. The summed E-state index contributed by atoms with van der Waals surface area (Å²) in [6.07, 6.45) is 0.0383. The van der Waals surface area contributed by atoms with E-state index in [1.54, 1.807) is 19.1 Å². The summed E-state index contributed by atoms with van der Waals surface area (Å²) in [4.78, 5) is 10.5. The van der Waals surface area contributed by atoms with Crippen LogP contribution in [-0.2, 0) is 4.79 Å². The molecule has 0 spiro atoms. The minimum absolute atomic E-state index is 0.0383. The van der Waals surface area contributed by atoms with Gasteiger partial charge in [-0.05, 0) is 30.0 Å². The average Bonchev–Trinajstić information content (AvgIpc) is 2.01. The Balaban J connectivity index is 2.90. The Morgan fingerprint density at radius 1 is 1.50 bits per heavy atom. The lowest BCUT2D eigenvalue weighted by Crippen LogP contribution is -2.03. The van der Waals surface area contributed by atoms with Crippen LogP contribution in [0.15, 0.2) is 18.2 Å². The summed E-state index contributed by atoms with van der Waals surface area (Å²) in [6.45, 7) is 3.67. The SMILES string of the molecule is Cc1ccc(C(C)CC(=O)O)c(O)c1. The van der Waals surface area contributed by atoms with E-state index in [-0.39, 0.29) is 18.1 Å². The van der Waals surface area contributed by atoms with Crippen molar-refractivity contribution < 1.29 is 15.0 Å². The third kappa shape index (κ3) is 2.49. The lowest BCUT2D eigenvalue weighted by molar-refractivity contribution is -0.137. The highest BCUT2D eigenvalue weighted by Crippen LogP contribution is 2.28. The van der Waals surface area contributed by atoms with Gasteiger partial charge in [0, 0.05) is 0 Å². The van der Waals surface area contributed by atoms with Gasteiger partial charge in [-0.1, -0.05) is 19.1 Å². The van der Waals surface area contributed by atoms with Crippen LogP contribution in [-0.4, -0.2) is 16.2 Å². The van der Waals surface area contributed by atoms with Crippen LogP contribution in [0.2, 0.25) is 0 Å². The lowest BCUT2D eigenvalue weighted by atomic mass is 9.96. The summed E-state index contributed by atoms with van der Waals surface area (Å²) < 4.78 is 0. The zero-order valence-electron chi connectivity index (χ0n) is 8.32. The molecule has 0 aromatic heterocycles. The van der Waals surface area contributed by atoms with Gasteiger partial charge in [-0.3, -0.25) is 4.79 Å². The van der Waals surface area contributed by atoms with Crippen molar-refractivity contribution >= 4 is 5.97 Å². The van der Waals surface area contributed by atoms with Crippen molar-refractivity contribution in [3.05, 3.63) is 29.3 Å². The molecule has 1 rings (SSSR count). The number of rotatable bonds is 3. The van der Waals surface area contributed by atoms with Crippen molar-refractivity contribution in [1.29, 1.82) is 0 Å². The van der Waals surface area contributed by atoms with Crippen LogP contribution in [0, 0.1) is 6.92 Å². The van der Waals surface area contributed by atoms with Crippen LogP contribution < -0.4 is 0 Å². The number of aromatic hydroxyl groups is 1. The number of carboxylic acids is 1. The molecule has 0 amide bonds. The van der Waals surface area contributed by atoms with Crippen molar-refractivity contribution in [2.24, 2.45) is 0 Å². The van der Waals surface area contributed by atoms with Gasteiger partial charge >= 0.3 is 5.97 Å². The first kappa shape index (κ1) is 10.6. The number of phenolic OH excluding ortho intramolecular Hbond substituents is 1. The summed E-state index contributed by atoms with van der Waals surface area (Å²) >= 11 is 0. The number of hydrogen-bond acceptors (Lipinski definition) is 2. The molecule has 76 valence electrons. The molecule has 2 N–H and O–H groups in total. The minimum Gasteiger partial charge on any atom is -0.508 e. The van der Waals surface area contributed by atoms with Gasteiger partial charge in [-0.15, -0.1) is 0 Å².